The minimum Gasteiger partial charge on any atom is -0.390 e. The summed E-state index contributed by atoms with van der Waals surface area (Å²) in [6.45, 7) is 7.43. The Morgan fingerprint density at radius 2 is 1.94 bits per heavy atom. The average Bonchev–Trinajstić information content (AvgIpc) is 3.34. The molecule has 33 heavy (non-hydrogen) atoms. The van der Waals surface area contributed by atoms with E-state index >= 15 is 0 Å². The van der Waals surface area contributed by atoms with Gasteiger partial charge in [0, 0.05) is 19.6 Å². The first kappa shape index (κ1) is 23.4. The molecule has 7 nitrogen and oxygen atoms in total. The van der Waals surface area contributed by atoms with Crippen LogP contribution in [0.25, 0.3) is 0 Å². The lowest BCUT2D eigenvalue weighted by Gasteiger charge is -2.63. The summed E-state index contributed by atoms with van der Waals surface area (Å²) >= 11 is 0. The van der Waals surface area contributed by atoms with Crippen LogP contribution in [0, 0.1) is 47.3 Å². The number of Topliss-reactive ketones (excluding diaryl/α,β-unsaturated/α-hetero) is 1. The summed E-state index contributed by atoms with van der Waals surface area (Å²) in [5.74, 6) is 3.77. The maximum Gasteiger partial charge on any atom is 0.158 e. The number of aliphatic hydroxyl groups is 1. The van der Waals surface area contributed by atoms with Crippen molar-refractivity contribution in [1.82, 2.24) is 20.2 Å². The molecule has 1 aromatic rings. The molecule has 0 aromatic carbocycles. The van der Waals surface area contributed by atoms with E-state index in [1.165, 1.54) is 25.7 Å². The topological polar surface area (TPSA) is 90.1 Å². The summed E-state index contributed by atoms with van der Waals surface area (Å²) in [6, 6.07) is 0. The molecule has 4 aliphatic carbocycles. The van der Waals surface area contributed by atoms with E-state index in [2.05, 4.69) is 22.4 Å². The summed E-state index contributed by atoms with van der Waals surface area (Å²) in [5.41, 5.74) is -0.125. The van der Waals surface area contributed by atoms with Gasteiger partial charge in [0.1, 0.15) is 12.4 Å². The molecule has 0 bridgehead atoms. The van der Waals surface area contributed by atoms with Crippen LogP contribution in [0.4, 0.5) is 0 Å². The van der Waals surface area contributed by atoms with Crippen LogP contribution in [0.1, 0.15) is 83.9 Å². The SMILES string of the molecule is COCC[C@]12CC[C@@](C)(O)C[C@@H]1CC[C@H]1[C@@H]3CC[C@H](C(=O)Cn4nnnc4C)[C@@]3(C)CC[C@@H]12. The third-order valence-corrected chi connectivity index (χ3v) is 10.8. The van der Waals surface area contributed by atoms with Crippen LogP contribution in [-0.4, -0.2) is 50.4 Å². The number of nitrogens with zero attached hydrogens (tertiary/aromatic N) is 4. The molecule has 0 spiro atoms. The van der Waals surface area contributed by atoms with Crippen molar-refractivity contribution in [1.29, 1.82) is 0 Å². The molecule has 8 atom stereocenters. The zero-order valence-electron chi connectivity index (χ0n) is 20.9. The molecule has 4 saturated carbocycles. The van der Waals surface area contributed by atoms with Gasteiger partial charge in [0.05, 0.1) is 5.60 Å². The highest BCUT2D eigenvalue weighted by Gasteiger charge is 2.62. The lowest BCUT2D eigenvalue weighted by Crippen LogP contribution is -2.57. The second-order valence-corrected chi connectivity index (χ2v) is 12.4. The number of tetrazole rings is 1. The summed E-state index contributed by atoms with van der Waals surface area (Å²) < 4.78 is 7.27. The van der Waals surface area contributed by atoms with E-state index < -0.39 is 5.60 Å². The van der Waals surface area contributed by atoms with Gasteiger partial charge in [0.25, 0.3) is 0 Å². The predicted octanol–water partition coefficient (Wildman–Crippen LogP) is 3.98. The second-order valence-electron chi connectivity index (χ2n) is 12.4. The monoisotopic (exact) mass is 458 g/mol. The Balaban J connectivity index is 1.38. The van der Waals surface area contributed by atoms with Crippen LogP contribution in [-0.2, 0) is 16.1 Å². The number of fused-ring (bicyclic) bond motifs is 5. The Morgan fingerprint density at radius 3 is 2.67 bits per heavy atom. The maximum atomic E-state index is 13.4. The van der Waals surface area contributed by atoms with Gasteiger partial charge in [-0.3, -0.25) is 4.79 Å². The molecule has 0 aliphatic heterocycles. The van der Waals surface area contributed by atoms with E-state index in [-0.39, 0.29) is 11.3 Å². The van der Waals surface area contributed by atoms with Crippen molar-refractivity contribution in [2.75, 3.05) is 13.7 Å². The number of hydrogen-bond acceptors (Lipinski definition) is 6. The van der Waals surface area contributed by atoms with Crippen molar-refractivity contribution in [3.8, 4) is 0 Å². The smallest absolute Gasteiger partial charge is 0.158 e. The fourth-order valence-corrected chi connectivity index (χ4v) is 9.21. The van der Waals surface area contributed by atoms with Gasteiger partial charge in [-0.05, 0) is 123 Å². The zero-order valence-corrected chi connectivity index (χ0v) is 20.9. The third-order valence-electron chi connectivity index (χ3n) is 10.8. The number of aromatic nitrogens is 4. The molecule has 5 rings (SSSR count). The van der Waals surface area contributed by atoms with Crippen LogP contribution in [0.5, 0.6) is 0 Å². The van der Waals surface area contributed by atoms with Crippen LogP contribution in [0.2, 0.25) is 0 Å². The minimum absolute atomic E-state index is 0.0929. The zero-order chi connectivity index (χ0) is 23.4. The summed E-state index contributed by atoms with van der Waals surface area (Å²) in [5, 5.41) is 22.6. The van der Waals surface area contributed by atoms with Crippen LogP contribution >= 0.6 is 0 Å². The first-order valence-corrected chi connectivity index (χ1v) is 13.2. The lowest BCUT2D eigenvalue weighted by atomic mass is 9.42. The molecule has 184 valence electrons. The van der Waals surface area contributed by atoms with E-state index in [0.717, 1.165) is 45.1 Å². The van der Waals surface area contributed by atoms with E-state index in [4.69, 9.17) is 4.74 Å². The third kappa shape index (κ3) is 3.78. The molecule has 0 amide bonds. The number of carbonyl (C=O) groups is 1. The van der Waals surface area contributed by atoms with Crippen molar-refractivity contribution >= 4 is 5.78 Å². The van der Waals surface area contributed by atoms with Gasteiger partial charge in [-0.2, -0.15) is 0 Å². The first-order chi connectivity index (χ1) is 15.7. The number of ketones is 1. The van der Waals surface area contributed by atoms with Crippen LogP contribution in [0.15, 0.2) is 0 Å². The molecule has 0 saturated heterocycles. The van der Waals surface area contributed by atoms with Gasteiger partial charge < -0.3 is 9.84 Å². The maximum absolute atomic E-state index is 13.4. The summed E-state index contributed by atoms with van der Waals surface area (Å²) in [6.07, 6.45) is 11.1. The fraction of sp³-hybridized carbons (Fsp3) is 0.923. The van der Waals surface area contributed by atoms with E-state index in [1.54, 1.807) is 4.68 Å². The predicted molar refractivity (Wildman–Crippen MR) is 124 cm³/mol. The number of aryl methyl sites for hydroxylation is 1. The molecule has 4 fully saturated rings. The highest BCUT2D eigenvalue weighted by Crippen LogP contribution is 2.69. The first-order valence-electron chi connectivity index (χ1n) is 13.2. The molecule has 0 unspecified atom stereocenters. The summed E-state index contributed by atoms with van der Waals surface area (Å²) in [7, 11) is 1.82. The Hall–Kier alpha value is -1.34. The van der Waals surface area contributed by atoms with Crippen LogP contribution in [0.3, 0.4) is 0 Å². The highest BCUT2D eigenvalue weighted by atomic mass is 16.5. The molecular weight excluding hydrogens is 416 g/mol. The molecule has 1 N–H and O–H groups in total. The van der Waals surface area contributed by atoms with E-state index in [0.29, 0.717) is 47.2 Å². The Morgan fingerprint density at radius 1 is 1.12 bits per heavy atom. The quantitative estimate of drug-likeness (QED) is 0.694. The number of carbonyl (C=O) groups excluding carboxylic acids is 1. The van der Waals surface area contributed by atoms with Crippen molar-refractivity contribution in [2.45, 2.75) is 97.1 Å². The van der Waals surface area contributed by atoms with Crippen molar-refractivity contribution in [3.05, 3.63) is 5.82 Å². The normalized spacial score (nSPS) is 44.7. The molecule has 4 aliphatic rings. The Kier molecular flexibility index (Phi) is 5.96. The lowest BCUT2D eigenvalue weighted by molar-refractivity contribution is -0.163. The van der Waals surface area contributed by atoms with E-state index in [1.807, 2.05) is 21.0 Å². The van der Waals surface area contributed by atoms with Crippen molar-refractivity contribution in [2.24, 2.45) is 40.4 Å². The number of hydrogen-bond donors (Lipinski definition) is 1. The standard InChI is InChI=1S/C26H42N4O3/c1-17-27-28-29-30(17)16-23(31)22-8-7-20-19-6-5-18-15-24(2,32)11-12-26(18,13-14-33-4)21(19)9-10-25(20,22)3/h18-22,32H,5-16H2,1-4H3/t18-,19-,20-,21-,22+,24+,25-,26+/m0/s1. The van der Waals surface area contributed by atoms with Gasteiger partial charge in [0.15, 0.2) is 5.78 Å². The average molecular weight is 459 g/mol. The minimum atomic E-state index is -0.517. The highest BCUT2D eigenvalue weighted by molar-refractivity contribution is 5.82. The Labute approximate surface area is 198 Å². The molecule has 0 radical (unpaired) electrons. The van der Waals surface area contributed by atoms with Gasteiger partial charge in [-0.15, -0.1) is 5.10 Å². The second kappa shape index (κ2) is 8.40. The van der Waals surface area contributed by atoms with Crippen LogP contribution < -0.4 is 0 Å². The summed E-state index contributed by atoms with van der Waals surface area (Å²) in [4.78, 5) is 13.4. The molecular formula is C26H42N4O3. The van der Waals surface area contributed by atoms with Gasteiger partial charge >= 0.3 is 0 Å². The molecule has 7 heteroatoms. The van der Waals surface area contributed by atoms with Crippen molar-refractivity contribution < 1.29 is 14.6 Å². The van der Waals surface area contributed by atoms with Gasteiger partial charge in [0.2, 0.25) is 0 Å². The van der Waals surface area contributed by atoms with E-state index in [9.17, 15) is 9.90 Å². The van der Waals surface area contributed by atoms with Gasteiger partial charge in [-0.25, -0.2) is 4.68 Å². The Bertz CT molecular complexity index is 885. The number of methoxy groups -OCH3 is 1. The fourth-order valence-electron chi connectivity index (χ4n) is 9.21. The molecule has 1 heterocycles. The number of ether oxygens (including phenoxy) is 1. The van der Waals surface area contributed by atoms with Crippen molar-refractivity contribution in [3.63, 3.8) is 0 Å². The van der Waals surface area contributed by atoms with Gasteiger partial charge in [-0.1, -0.05) is 6.92 Å². The molecule has 1 aromatic heterocycles. The largest absolute Gasteiger partial charge is 0.390 e. The number of rotatable bonds is 6.